The van der Waals surface area contributed by atoms with Gasteiger partial charge in [0.25, 0.3) is 5.91 Å². The zero-order valence-corrected chi connectivity index (χ0v) is 17.4. The minimum atomic E-state index is -3.60. The molecule has 0 aliphatic carbocycles. The van der Waals surface area contributed by atoms with Gasteiger partial charge in [-0.25, -0.2) is 13.2 Å². The maximum atomic E-state index is 12.8. The lowest BCUT2D eigenvalue weighted by Gasteiger charge is -2.34. The summed E-state index contributed by atoms with van der Waals surface area (Å²) in [5.74, 6) is -0.260. The zero-order chi connectivity index (χ0) is 21.2. The van der Waals surface area contributed by atoms with Crippen LogP contribution in [0.3, 0.4) is 0 Å². The van der Waals surface area contributed by atoms with Gasteiger partial charge in [-0.15, -0.1) is 0 Å². The number of nitrogens with zero attached hydrogens (tertiary/aromatic N) is 2. The van der Waals surface area contributed by atoms with Crippen LogP contribution in [0.1, 0.15) is 38.2 Å². The second-order valence-corrected chi connectivity index (χ2v) is 9.50. The first-order valence-electron chi connectivity index (χ1n) is 9.67. The fourth-order valence-electron chi connectivity index (χ4n) is 3.44. The second-order valence-electron chi connectivity index (χ2n) is 7.56. The van der Waals surface area contributed by atoms with Crippen molar-refractivity contribution in [3.8, 4) is 0 Å². The molecule has 0 bridgehead atoms. The molecule has 158 valence electrons. The molecule has 1 unspecified atom stereocenters. The van der Waals surface area contributed by atoms with E-state index in [1.807, 2.05) is 26.0 Å². The summed E-state index contributed by atoms with van der Waals surface area (Å²) >= 11 is 0. The van der Waals surface area contributed by atoms with Crippen LogP contribution >= 0.6 is 0 Å². The average molecular weight is 423 g/mol. The molecule has 29 heavy (non-hydrogen) atoms. The van der Waals surface area contributed by atoms with Gasteiger partial charge in [0.1, 0.15) is 6.04 Å². The Morgan fingerprint density at radius 2 is 1.72 bits per heavy atom. The molecule has 0 spiro atoms. The average Bonchev–Trinajstić information content (AvgIpc) is 3.03. The van der Waals surface area contributed by atoms with E-state index in [1.165, 1.54) is 4.31 Å². The highest BCUT2D eigenvalue weighted by Gasteiger charge is 2.32. The van der Waals surface area contributed by atoms with E-state index in [9.17, 15) is 22.8 Å². The number of piperazine rings is 1. The number of urea groups is 1. The van der Waals surface area contributed by atoms with Crippen LogP contribution in [0.15, 0.2) is 29.2 Å². The van der Waals surface area contributed by atoms with E-state index in [4.69, 9.17) is 0 Å². The molecule has 2 aliphatic heterocycles. The lowest BCUT2D eigenvalue weighted by molar-refractivity contribution is -0.132. The van der Waals surface area contributed by atoms with Gasteiger partial charge in [0.15, 0.2) is 0 Å². The monoisotopic (exact) mass is 422 g/mol. The summed E-state index contributed by atoms with van der Waals surface area (Å²) in [4.78, 5) is 36.9. The zero-order valence-electron chi connectivity index (χ0n) is 16.6. The molecule has 2 heterocycles. The number of benzene rings is 1. The Hall–Kier alpha value is -2.46. The highest BCUT2D eigenvalue weighted by Crippen LogP contribution is 2.21. The summed E-state index contributed by atoms with van der Waals surface area (Å²) in [5.41, 5.74) is 1.08. The Labute approximate surface area is 170 Å². The quantitative estimate of drug-likeness (QED) is 0.653. The number of sulfonamides is 1. The van der Waals surface area contributed by atoms with Crippen molar-refractivity contribution in [3.63, 3.8) is 0 Å². The van der Waals surface area contributed by atoms with Gasteiger partial charge in [0, 0.05) is 32.6 Å². The first-order chi connectivity index (χ1) is 13.7. The summed E-state index contributed by atoms with van der Waals surface area (Å²) in [7, 11) is -3.60. The predicted molar refractivity (Wildman–Crippen MR) is 106 cm³/mol. The van der Waals surface area contributed by atoms with Crippen LogP contribution in [-0.2, 0) is 19.6 Å². The first kappa shape index (κ1) is 21.3. The van der Waals surface area contributed by atoms with Crippen LogP contribution < -0.4 is 10.6 Å². The number of hydrogen-bond donors (Lipinski definition) is 2. The van der Waals surface area contributed by atoms with Gasteiger partial charge in [-0.3, -0.25) is 14.9 Å². The van der Waals surface area contributed by atoms with E-state index < -0.39 is 28.0 Å². The van der Waals surface area contributed by atoms with Crippen LogP contribution in [0, 0.1) is 0 Å². The van der Waals surface area contributed by atoms with E-state index in [2.05, 4.69) is 10.6 Å². The standard InChI is InChI=1S/C19H26N4O5S/c1-13(2)14-3-5-15(6-4-14)29(27,28)23-11-9-22(10-12-23)17(24)8-7-16-18(25)21-19(26)20-16/h3-6,13,16H,7-12H2,1-2H3,(H2,20,21,25,26). The summed E-state index contributed by atoms with van der Waals surface area (Å²) in [6.45, 7) is 5.14. The van der Waals surface area contributed by atoms with Gasteiger partial charge in [-0.05, 0) is 30.0 Å². The fraction of sp³-hybridized carbons (Fsp3) is 0.526. The molecule has 2 N–H and O–H groups in total. The number of rotatable bonds is 6. The van der Waals surface area contributed by atoms with Gasteiger partial charge >= 0.3 is 6.03 Å². The highest BCUT2D eigenvalue weighted by molar-refractivity contribution is 7.89. The summed E-state index contributed by atoms with van der Waals surface area (Å²) in [6, 6.07) is 5.67. The molecule has 1 atom stereocenters. The number of amides is 4. The van der Waals surface area contributed by atoms with E-state index in [1.54, 1.807) is 17.0 Å². The number of carbonyl (C=O) groups excluding carboxylic acids is 3. The van der Waals surface area contributed by atoms with Gasteiger partial charge in [-0.2, -0.15) is 4.31 Å². The SMILES string of the molecule is CC(C)c1ccc(S(=O)(=O)N2CCN(C(=O)CCC3NC(=O)NC3=O)CC2)cc1. The topological polar surface area (TPSA) is 116 Å². The van der Waals surface area contributed by atoms with E-state index in [0.29, 0.717) is 19.0 Å². The summed E-state index contributed by atoms with van der Waals surface area (Å²) < 4.78 is 27.1. The van der Waals surface area contributed by atoms with Crippen molar-refractivity contribution >= 4 is 27.9 Å². The van der Waals surface area contributed by atoms with Gasteiger partial charge in [0.05, 0.1) is 4.90 Å². The van der Waals surface area contributed by atoms with Crippen LogP contribution in [0.4, 0.5) is 4.79 Å². The smallest absolute Gasteiger partial charge is 0.322 e. The Bertz CT molecular complexity index is 890. The molecular weight excluding hydrogens is 396 g/mol. The van der Waals surface area contributed by atoms with E-state index in [-0.39, 0.29) is 36.7 Å². The number of imide groups is 1. The molecule has 9 nitrogen and oxygen atoms in total. The van der Waals surface area contributed by atoms with Crippen LogP contribution in [0.2, 0.25) is 0 Å². The minimum Gasteiger partial charge on any atom is -0.340 e. The molecule has 0 aromatic heterocycles. The van der Waals surface area contributed by atoms with Crippen molar-refractivity contribution in [1.29, 1.82) is 0 Å². The fourth-order valence-corrected chi connectivity index (χ4v) is 4.86. The summed E-state index contributed by atoms with van der Waals surface area (Å²) in [5, 5.41) is 4.59. The van der Waals surface area contributed by atoms with Gasteiger partial charge < -0.3 is 10.2 Å². The van der Waals surface area contributed by atoms with Crippen molar-refractivity contribution in [2.75, 3.05) is 26.2 Å². The Kier molecular flexibility index (Phi) is 6.23. The minimum absolute atomic E-state index is 0.113. The van der Waals surface area contributed by atoms with E-state index in [0.717, 1.165) is 5.56 Å². The third-order valence-corrected chi connectivity index (χ3v) is 7.19. The molecule has 2 saturated heterocycles. The first-order valence-corrected chi connectivity index (χ1v) is 11.1. The molecule has 2 fully saturated rings. The van der Waals surface area contributed by atoms with Crippen LogP contribution in [0.25, 0.3) is 0 Å². The third kappa shape index (κ3) is 4.76. The molecule has 0 radical (unpaired) electrons. The molecular formula is C19H26N4O5S. The van der Waals surface area contributed by atoms with E-state index >= 15 is 0 Å². The Morgan fingerprint density at radius 1 is 1.10 bits per heavy atom. The van der Waals surface area contributed by atoms with Crippen LogP contribution in [-0.4, -0.2) is 67.7 Å². The molecule has 4 amide bonds. The molecule has 1 aromatic rings. The molecule has 2 aliphatic rings. The number of carbonyl (C=O) groups is 3. The second kappa shape index (κ2) is 8.50. The van der Waals surface area contributed by atoms with Crippen molar-refractivity contribution in [2.45, 2.75) is 43.5 Å². The molecule has 0 saturated carbocycles. The Balaban J connectivity index is 1.53. The lowest BCUT2D eigenvalue weighted by atomic mass is 10.0. The maximum absolute atomic E-state index is 12.8. The van der Waals surface area contributed by atoms with Crippen molar-refractivity contribution in [1.82, 2.24) is 19.8 Å². The lowest BCUT2D eigenvalue weighted by Crippen LogP contribution is -2.50. The summed E-state index contributed by atoms with van der Waals surface area (Å²) in [6.07, 6.45) is 0.332. The normalized spacial score (nSPS) is 20.7. The highest BCUT2D eigenvalue weighted by atomic mass is 32.2. The van der Waals surface area contributed by atoms with Gasteiger partial charge in [0.2, 0.25) is 15.9 Å². The number of hydrogen-bond acceptors (Lipinski definition) is 5. The van der Waals surface area contributed by atoms with Gasteiger partial charge in [-0.1, -0.05) is 26.0 Å². The largest absolute Gasteiger partial charge is 0.340 e. The third-order valence-electron chi connectivity index (χ3n) is 5.28. The predicted octanol–water partition coefficient (Wildman–Crippen LogP) is 0.631. The van der Waals surface area contributed by atoms with Crippen LogP contribution in [0.5, 0.6) is 0 Å². The molecule has 1 aromatic carbocycles. The molecule has 10 heteroatoms. The Morgan fingerprint density at radius 3 is 2.24 bits per heavy atom. The maximum Gasteiger partial charge on any atom is 0.322 e. The molecule has 3 rings (SSSR count). The van der Waals surface area contributed by atoms with Crippen molar-refractivity contribution in [2.24, 2.45) is 0 Å². The van der Waals surface area contributed by atoms with Crippen molar-refractivity contribution < 1.29 is 22.8 Å². The van der Waals surface area contributed by atoms with Crippen molar-refractivity contribution in [3.05, 3.63) is 29.8 Å². The number of nitrogens with one attached hydrogen (secondary N) is 2.